The van der Waals surface area contributed by atoms with Gasteiger partial charge in [-0.2, -0.15) is 5.10 Å². The molecule has 0 unspecified atom stereocenters. The van der Waals surface area contributed by atoms with Crippen molar-refractivity contribution in [3.05, 3.63) is 87.5 Å². The zero-order valence-corrected chi connectivity index (χ0v) is 17.2. The summed E-state index contributed by atoms with van der Waals surface area (Å²) in [6.45, 7) is -0.0965. The molecule has 6 heteroatoms. The maximum absolute atomic E-state index is 13.0. The topological polar surface area (TPSA) is 64.0 Å². The summed E-state index contributed by atoms with van der Waals surface area (Å²) in [5, 5.41) is 11.1. The van der Waals surface area contributed by atoms with Crippen molar-refractivity contribution in [3.8, 4) is 10.6 Å². The van der Waals surface area contributed by atoms with Gasteiger partial charge >= 0.3 is 0 Å². The van der Waals surface area contributed by atoms with Crippen molar-refractivity contribution >= 4 is 28.0 Å². The molecule has 30 heavy (non-hydrogen) atoms. The van der Waals surface area contributed by atoms with E-state index in [1.54, 1.807) is 17.4 Å². The lowest BCUT2D eigenvalue weighted by molar-refractivity contribution is -0.122. The first-order valence-electron chi connectivity index (χ1n) is 10.1. The highest BCUT2D eigenvalue weighted by molar-refractivity contribution is 7.13. The number of carbonyl (C=O) groups is 1. The molecule has 0 radical (unpaired) electrons. The van der Waals surface area contributed by atoms with Gasteiger partial charge in [0.2, 0.25) is 5.91 Å². The highest BCUT2D eigenvalue weighted by Gasteiger charge is 2.22. The first-order chi connectivity index (χ1) is 14.7. The van der Waals surface area contributed by atoms with Gasteiger partial charge in [0.1, 0.15) is 12.2 Å². The van der Waals surface area contributed by atoms with Gasteiger partial charge in [-0.3, -0.25) is 9.59 Å². The average molecular weight is 416 g/mol. The van der Waals surface area contributed by atoms with E-state index in [0.29, 0.717) is 5.39 Å². The minimum absolute atomic E-state index is 0.0182. The minimum Gasteiger partial charge on any atom is -0.348 e. The Balaban J connectivity index is 1.47. The summed E-state index contributed by atoms with van der Waals surface area (Å²) in [7, 11) is 0. The van der Waals surface area contributed by atoms with Crippen LogP contribution in [0.1, 0.15) is 30.0 Å². The SMILES string of the molecule is O=C(Cn1nc(-c2cccs2)c2ccccc2c1=O)N[C@H]1CCCc2ccccc21. The quantitative estimate of drug-likeness (QED) is 0.540. The number of rotatable bonds is 4. The van der Waals surface area contributed by atoms with Gasteiger partial charge in [0, 0.05) is 5.39 Å². The minimum atomic E-state index is -0.245. The fraction of sp³-hybridized carbons (Fsp3) is 0.208. The molecule has 5 nitrogen and oxygen atoms in total. The lowest BCUT2D eigenvalue weighted by Crippen LogP contribution is -2.37. The normalized spacial score (nSPS) is 15.7. The van der Waals surface area contributed by atoms with Gasteiger partial charge in [-0.1, -0.05) is 48.5 Å². The Morgan fingerprint density at radius 3 is 2.70 bits per heavy atom. The van der Waals surface area contributed by atoms with E-state index in [1.165, 1.54) is 15.8 Å². The van der Waals surface area contributed by atoms with E-state index in [0.717, 1.165) is 35.2 Å². The van der Waals surface area contributed by atoms with E-state index in [4.69, 9.17) is 0 Å². The van der Waals surface area contributed by atoms with Gasteiger partial charge in [0.25, 0.3) is 5.56 Å². The second kappa shape index (κ2) is 7.88. The largest absolute Gasteiger partial charge is 0.348 e. The highest BCUT2D eigenvalue weighted by atomic mass is 32.1. The maximum Gasteiger partial charge on any atom is 0.275 e. The molecule has 4 aromatic rings. The zero-order valence-electron chi connectivity index (χ0n) is 16.4. The van der Waals surface area contributed by atoms with Crippen LogP contribution in [-0.4, -0.2) is 15.7 Å². The molecule has 0 saturated carbocycles. The van der Waals surface area contributed by atoms with Crippen molar-refractivity contribution in [3.63, 3.8) is 0 Å². The van der Waals surface area contributed by atoms with Crippen molar-refractivity contribution < 1.29 is 4.79 Å². The summed E-state index contributed by atoms with van der Waals surface area (Å²) in [5.41, 5.74) is 2.95. The third-order valence-corrected chi connectivity index (χ3v) is 6.50. The van der Waals surface area contributed by atoms with Gasteiger partial charge in [0.15, 0.2) is 0 Å². The van der Waals surface area contributed by atoms with Crippen LogP contribution >= 0.6 is 11.3 Å². The van der Waals surface area contributed by atoms with E-state index in [-0.39, 0.29) is 24.1 Å². The molecule has 5 rings (SSSR count). The number of fused-ring (bicyclic) bond motifs is 2. The number of benzene rings is 2. The van der Waals surface area contributed by atoms with Crippen molar-refractivity contribution in [1.82, 2.24) is 15.1 Å². The van der Waals surface area contributed by atoms with Gasteiger partial charge in [0.05, 0.1) is 16.3 Å². The third kappa shape index (κ3) is 3.44. The van der Waals surface area contributed by atoms with E-state index in [2.05, 4.69) is 22.5 Å². The number of nitrogens with one attached hydrogen (secondary N) is 1. The molecule has 1 aliphatic carbocycles. The number of hydrogen-bond donors (Lipinski definition) is 1. The van der Waals surface area contributed by atoms with Crippen LogP contribution in [0.25, 0.3) is 21.3 Å². The molecule has 2 aromatic carbocycles. The Labute approximate surface area is 178 Å². The number of thiophene rings is 1. The van der Waals surface area contributed by atoms with Gasteiger partial charge in [-0.05, 0) is 47.9 Å². The molecule has 2 aromatic heterocycles. The summed E-state index contributed by atoms with van der Waals surface area (Å²) in [6.07, 6.45) is 2.99. The summed E-state index contributed by atoms with van der Waals surface area (Å²) in [4.78, 5) is 26.8. The Morgan fingerprint density at radius 2 is 1.87 bits per heavy atom. The van der Waals surface area contributed by atoms with E-state index < -0.39 is 0 Å². The Morgan fingerprint density at radius 1 is 1.07 bits per heavy atom. The van der Waals surface area contributed by atoms with Crippen molar-refractivity contribution in [1.29, 1.82) is 0 Å². The number of hydrogen-bond acceptors (Lipinski definition) is 4. The molecular weight excluding hydrogens is 394 g/mol. The van der Waals surface area contributed by atoms with Crippen LogP contribution < -0.4 is 10.9 Å². The van der Waals surface area contributed by atoms with Gasteiger partial charge in [-0.25, -0.2) is 4.68 Å². The van der Waals surface area contributed by atoms with Crippen molar-refractivity contribution in [2.24, 2.45) is 0 Å². The molecule has 2 heterocycles. The molecule has 1 N–H and O–H groups in total. The van der Waals surface area contributed by atoms with Gasteiger partial charge < -0.3 is 5.32 Å². The molecule has 0 fully saturated rings. The van der Waals surface area contributed by atoms with Crippen LogP contribution in [-0.2, 0) is 17.8 Å². The predicted molar refractivity (Wildman–Crippen MR) is 120 cm³/mol. The summed E-state index contributed by atoms with van der Waals surface area (Å²) >= 11 is 1.57. The van der Waals surface area contributed by atoms with E-state index in [9.17, 15) is 9.59 Å². The third-order valence-electron chi connectivity index (χ3n) is 5.62. The molecule has 0 aliphatic heterocycles. The molecule has 0 bridgehead atoms. The Hall–Kier alpha value is -3.25. The number of nitrogens with zero attached hydrogens (tertiary/aromatic N) is 2. The zero-order chi connectivity index (χ0) is 20.5. The summed E-state index contributed by atoms with van der Waals surface area (Å²) < 4.78 is 1.29. The highest BCUT2D eigenvalue weighted by Crippen LogP contribution is 2.30. The monoisotopic (exact) mass is 415 g/mol. The number of carbonyl (C=O) groups excluding carboxylic acids is 1. The average Bonchev–Trinajstić information content (AvgIpc) is 3.31. The van der Waals surface area contributed by atoms with Crippen LogP contribution in [0, 0.1) is 0 Å². The molecule has 1 atom stereocenters. The van der Waals surface area contributed by atoms with Gasteiger partial charge in [-0.15, -0.1) is 11.3 Å². The van der Waals surface area contributed by atoms with E-state index in [1.807, 2.05) is 47.8 Å². The molecule has 0 spiro atoms. The van der Waals surface area contributed by atoms with E-state index >= 15 is 0 Å². The smallest absolute Gasteiger partial charge is 0.275 e. The fourth-order valence-corrected chi connectivity index (χ4v) is 4.94. The van der Waals surface area contributed by atoms with Crippen LogP contribution in [0.15, 0.2) is 70.8 Å². The fourth-order valence-electron chi connectivity index (χ4n) is 4.22. The first-order valence-corrected chi connectivity index (χ1v) is 11.0. The standard InChI is InChI=1S/C24H21N3O2S/c28-22(25-20-12-5-8-16-7-1-2-9-17(16)20)15-27-24(29)19-11-4-3-10-18(19)23(26-27)21-13-6-14-30-21/h1-4,6-7,9-11,13-14,20H,5,8,12,15H2,(H,25,28)/t20-/m0/s1. The molecule has 1 aliphatic rings. The van der Waals surface area contributed by atoms with Crippen LogP contribution in [0.5, 0.6) is 0 Å². The lowest BCUT2D eigenvalue weighted by Gasteiger charge is -2.26. The second-order valence-corrected chi connectivity index (χ2v) is 8.49. The van der Waals surface area contributed by atoms with Crippen LogP contribution in [0.3, 0.4) is 0 Å². The maximum atomic E-state index is 13.0. The van der Waals surface area contributed by atoms with Crippen LogP contribution in [0.4, 0.5) is 0 Å². The molecule has 1 amide bonds. The lowest BCUT2D eigenvalue weighted by atomic mass is 9.88. The number of aryl methyl sites for hydroxylation is 1. The second-order valence-electron chi connectivity index (χ2n) is 7.55. The van der Waals surface area contributed by atoms with Crippen LogP contribution in [0.2, 0.25) is 0 Å². The summed E-state index contributed by atoms with van der Waals surface area (Å²) in [5.74, 6) is -0.196. The molecular formula is C24H21N3O2S. The summed E-state index contributed by atoms with van der Waals surface area (Å²) in [6, 6.07) is 19.6. The molecule has 0 saturated heterocycles. The molecule has 150 valence electrons. The predicted octanol–water partition coefficient (Wildman–Crippen LogP) is 4.32. The Bertz CT molecular complexity index is 1280. The van der Waals surface area contributed by atoms with Crippen molar-refractivity contribution in [2.45, 2.75) is 31.8 Å². The first kappa shape index (κ1) is 18.8. The Kier molecular flexibility index (Phi) is 4.93. The van der Waals surface area contributed by atoms with Crippen molar-refractivity contribution in [2.75, 3.05) is 0 Å². The number of aromatic nitrogens is 2. The number of amides is 1.